The molecule has 2 amide bonds. The summed E-state index contributed by atoms with van der Waals surface area (Å²) >= 11 is 0. The van der Waals surface area contributed by atoms with Gasteiger partial charge in [0, 0.05) is 18.9 Å². The van der Waals surface area contributed by atoms with Crippen molar-refractivity contribution in [3.63, 3.8) is 0 Å². The lowest BCUT2D eigenvalue weighted by molar-refractivity contribution is -0.123. The summed E-state index contributed by atoms with van der Waals surface area (Å²) in [5.41, 5.74) is -1.24. The van der Waals surface area contributed by atoms with Crippen molar-refractivity contribution < 1.29 is 19.1 Å². The SMILES string of the molecule is CC(C)NC(=O)CCCC(=O)NCC(C)(O)c1ccco1. The topological polar surface area (TPSA) is 91.6 Å². The molecule has 0 spiro atoms. The fraction of sp³-hybridized carbons (Fsp3) is 0.600. The molecular formula is C15H24N2O4. The number of carbonyl (C=O) groups is 2. The van der Waals surface area contributed by atoms with Crippen molar-refractivity contribution in [2.24, 2.45) is 0 Å². The van der Waals surface area contributed by atoms with Crippen molar-refractivity contribution in [2.45, 2.75) is 51.7 Å². The molecule has 0 saturated heterocycles. The highest BCUT2D eigenvalue weighted by atomic mass is 16.4. The summed E-state index contributed by atoms with van der Waals surface area (Å²) in [5.74, 6) is 0.152. The van der Waals surface area contributed by atoms with E-state index < -0.39 is 5.60 Å². The zero-order chi connectivity index (χ0) is 15.9. The van der Waals surface area contributed by atoms with Gasteiger partial charge in [0.15, 0.2) is 0 Å². The highest BCUT2D eigenvalue weighted by Crippen LogP contribution is 2.19. The lowest BCUT2D eigenvalue weighted by Crippen LogP contribution is -2.38. The number of amides is 2. The van der Waals surface area contributed by atoms with Crippen molar-refractivity contribution in [1.29, 1.82) is 0 Å². The second-order valence-electron chi connectivity index (χ2n) is 5.60. The van der Waals surface area contributed by atoms with E-state index in [1.54, 1.807) is 19.1 Å². The van der Waals surface area contributed by atoms with Crippen molar-refractivity contribution in [3.8, 4) is 0 Å². The van der Waals surface area contributed by atoms with Gasteiger partial charge in [-0.15, -0.1) is 0 Å². The Kier molecular flexibility index (Phi) is 6.42. The first kappa shape index (κ1) is 17.2. The smallest absolute Gasteiger partial charge is 0.220 e. The summed E-state index contributed by atoms with van der Waals surface area (Å²) in [5, 5.41) is 15.6. The van der Waals surface area contributed by atoms with Crippen LogP contribution in [-0.4, -0.2) is 29.5 Å². The van der Waals surface area contributed by atoms with Crippen LogP contribution in [0.4, 0.5) is 0 Å². The Morgan fingerprint density at radius 3 is 2.57 bits per heavy atom. The molecule has 1 aromatic rings. The van der Waals surface area contributed by atoms with Crippen LogP contribution >= 0.6 is 0 Å². The summed E-state index contributed by atoms with van der Waals surface area (Å²) in [6.45, 7) is 5.42. The van der Waals surface area contributed by atoms with Crippen LogP contribution in [0.15, 0.2) is 22.8 Å². The standard InChI is InChI=1S/C15H24N2O4/c1-11(2)17-14(19)8-4-7-13(18)16-10-15(3,20)12-6-5-9-21-12/h5-6,9,11,20H,4,7-8,10H2,1-3H3,(H,16,18)(H,17,19). The van der Waals surface area contributed by atoms with Crippen LogP contribution in [0.3, 0.4) is 0 Å². The molecule has 0 aliphatic carbocycles. The number of hydrogen-bond acceptors (Lipinski definition) is 4. The summed E-state index contributed by atoms with van der Waals surface area (Å²) in [7, 11) is 0. The van der Waals surface area contributed by atoms with Crippen LogP contribution in [0.25, 0.3) is 0 Å². The van der Waals surface area contributed by atoms with E-state index in [4.69, 9.17) is 4.42 Å². The lowest BCUT2D eigenvalue weighted by atomic mass is 10.0. The van der Waals surface area contributed by atoms with Gasteiger partial charge in [0.05, 0.1) is 12.8 Å². The summed E-state index contributed by atoms with van der Waals surface area (Å²) < 4.78 is 5.13. The van der Waals surface area contributed by atoms with Crippen LogP contribution in [0, 0.1) is 0 Å². The molecule has 0 aliphatic rings. The number of aliphatic hydroxyl groups is 1. The summed E-state index contributed by atoms with van der Waals surface area (Å²) in [4.78, 5) is 23.1. The molecule has 0 bridgehead atoms. The van der Waals surface area contributed by atoms with Gasteiger partial charge in [-0.2, -0.15) is 0 Å². The third-order valence-electron chi connectivity index (χ3n) is 2.94. The Balaban J connectivity index is 2.24. The predicted octanol–water partition coefficient (Wildman–Crippen LogP) is 1.30. The Morgan fingerprint density at radius 2 is 2.00 bits per heavy atom. The van der Waals surface area contributed by atoms with E-state index in [1.807, 2.05) is 13.8 Å². The Hall–Kier alpha value is -1.82. The quantitative estimate of drug-likeness (QED) is 0.674. The molecule has 21 heavy (non-hydrogen) atoms. The molecule has 118 valence electrons. The zero-order valence-corrected chi connectivity index (χ0v) is 12.8. The number of furan rings is 1. The van der Waals surface area contributed by atoms with Gasteiger partial charge < -0.3 is 20.2 Å². The fourth-order valence-electron chi connectivity index (χ4n) is 1.83. The molecule has 6 heteroatoms. The largest absolute Gasteiger partial charge is 0.466 e. The van der Waals surface area contributed by atoms with E-state index >= 15 is 0 Å². The molecule has 1 rings (SSSR count). The molecule has 0 aromatic carbocycles. The van der Waals surface area contributed by atoms with E-state index in [0.717, 1.165) is 0 Å². The predicted molar refractivity (Wildman–Crippen MR) is 78.4 cm³/mol. The average molecular weight is 296 g/mol. The Labute approximate surface area is 124 Å². The van der Waals surface area contributed by atoms with Gasteiger partial charge in [-0.1, -0.05) is 0 Å². The summed E-state index contributed by atoms with van der Waals surface area (Å²) in [6, 6.07) is 3.44. The normalized spacial score (nSPS) is 13.8. The molecule has 0 saturated carbocycles. The van der Waals surface area contributed by atoms with Gasteiger partial charge in [0.1, 0.15) is 11.4 Å². The number of nitrogens with one attached hydrogen (secondary N) is 2. The van der Waals surface area contributed by atoms with Crippen LogP contribution in [0.1, 0.15) is 45.8 Å². The molecular weight excluding hydrogens is 272 g/mol. The molecule has 1 aromatic heterocycles. The molecule has 0 aliphatic heterocycles. The fourth-order valence-corrected chi connectivity index (χ4v) is 1.83. The Bertz CT molecular complexity index is 452. The molecule has 3 N–H and O–H groups in total. The maximum Gasteiger partial charge on any atom is 0.220 e. The van der Waals surface area contributed by atoms with Crippen molar-refractivity contribution in [1.82, 2.24) is 10.6 Å². The molecule has 1 atom stereocenters. The molecule has 1 unspecified atom stereocenters. The maximum absolute atomic E-state index is 11.7. The first-order valence-electron chi connectivity index (χ1n) is 7.13. The Morgan fingerprint density at radius 1 is 1.33 bits per heavy atom. The van der Waals surface area contributed by atoms with Crippen molar-refractivity contribution in [3.05, 3.63) is 24.2 Å². The van der Waals surface area contributed by atoms with Crippen LogP contribution in [-0.2, 0) is 15.2 Å². The minimum atomic E-state index is -1.24. The lowest BCUT2D eigenvalue weighted by Gasteiger charge is -2.21. The zero-order valence-electron chi connectivity index (χ0n) is 12.8. The van der Waals surface area contributed by atoms with Gasteiger partial charge in [0.25, 0.3) is 0 Å². The monoisotopic (exact) mass is 296 g/mol. The third kappa shape index (κ3) is 6.44. The second-order valence-corrected chi connectivity index (χ2v) is 5.60. The van der Waals surface area contributed by atoms with Crippen molar-refractivity contribution >= 4 is 11.8 Å². The van der Waals surface area contributed by atoms with E-state index in [0.29, 0.717) is 18.6 Å². The van der Waals surface area contributed by atoms with Gasteiger partial charge in [-0.05, 0) is 39.3 Å². The molecule has 1 heterocycles. The second kappa shape index (κ2) is 7.83. The maximum atomic E-state index is 11.7. The first-order valence-corrected chi connectivity index (χ1v) is 7.13. The number of hydrogen-bond donors (Lipinski definition) is 3. The van der Waals surface area contributed by atoms with Gasteiger partial charge in [-0.3, -0.25) is 9.59 Å². The van der Waals surface area contributed by atoms with Crippen LogP contribution < -0.4 is 10.6 Å². The third-order valence-corrected chi connectivity index (χ3v) is 2.94. The molecule has 0 fully saturated rings. The van der Waals surface area contributed by atoms with E-state index in [2.05, 4.69) is 10.6 Å². The van der Waals surface area contributed by atoms with Gasteiger partial charge >= 0.3 is 0 Å². The molecule has 6 nitrogen and oxygen atoms in total. The van der Waals surface area contributed by atoms with Crippen LogP contribution in [0.2, 0.25) is 0 Å². The number of carbonyl (C=O) groups excluding carboxylic acids is 2. The van der Waals surface area contributed by atoms with Gasteiger partial charge in [0.2, 0.25) is 11.8 Å². The number of rotatable bonds is 8. The highest BCUT2D eigenvalue weighted by molar-refractivity contribution is 5.79. The van der Waals surface area contributed by atoms with Crippen molar-refractivity contribution in [2.75, 3.05) is 6.54 Å². The van der Waals surface area contributed by atoms with Crippen LogP contribution in [0.5, 0.6) is 0 Å². The minimum Gasteiger partial charge on any atom is -0.466 e. The first-order chi connectivity index (χ1) is 9.81. The molecule has 0 radical (unpaired) electrons. The van der Waals surface area contributed by atoms with E-state index in [9.17, 15) is 14.7 Å². The van der Waals surface area contributed by atoms with E-state index in [-0.39, 0.29) is 30.8 Å². The summed E-state index contributed by atoms with van der Waals surface area (Å²) in [6.07, 6.45) is 2.52. The minimum absolute atomic E-state index is 0.0552. The van der Waals surface area contributed by atoms with E-state index in [1.165, 1.54) is 6.26 Å². The van der Waals surface area contributed by atoms with Gasteiger partial charge in [-0.25, -0.2) is 0 Å². The highest BCUT2D eigenvalue weighted by Gasteiger charge is 2.26. The average Bonchev–Trinajstić information content (AvgIpc) is 2.90.